The summed E-state index contributed by atoms with van der Waals surface area (Å²) in [4.78, 5) is 21.9. The average Bonchev–Trinajstić information content (AvgIpc) is 2.73. The van der Waals surface area contributed by atoms with Crippen molar-refractivity contribution in [1.29, 1.82) is 5.41 Å². The first kappa shape index (κ1) is 21.0. The number of nitrogens with zero attached hydrogens (tertiary/aromatic N) is 3. The van der Waals surface area contributed by atoms with Gasteiger partial charge in [-0.2, -0.15) is 0 Å². The van der Waals surface area contributed by atoms with Gasteiger partial charge in [0.2, 0.25) is 0 Å². The molecule has 7 nitrogen and oxygen atoms in total. The van der Waals surface area contributed by atoms with Crippen LogP contribution in [0.4, 0.5) is 11.6 Å². The summed E-state index contributed by atoms with van der Waals surface area (Å²) in [6, 6.07) is 15.7. The first-order chi connectivity index (χ1) is 14.9. The molecule has 4 N–H and O–H groups in total. The summed E-state index contributed by atoms with van der Waals surface area (Å²) in [6.45, 7) is 4.26. The third kappa shape index (κ3) is 3.90. The molecule has 2 aromatic carbocycles. The van der Waals surface area contributed by atoms with Crippen molar-refractivity contribution in [2.45, 2.75) is 20.4 Å². The predicted octanol–water partition coefficient (Wildman–Crippen LogP) is 4.35. The third-order valence-corrected chi connectivity index (χ3v) is 5.76. The fourth-order valence-corrected chi connectivity index (χ4v) is 4.25. The normalized spacial score (nSPS) is 10.9. The number of benzene rings is 2. The van der Waals surface area contributed by atoms with Crippen LogP contribution in [0.15, 0.2) is 59.7 Å². The number of nitrogens with two attached hydrogens (primary N) is 1. The minimum atomic E-state index is -0.0641. The molecule has 0 radical (unpaired) electrons. The Morgan fingerprint density at radius 2 is 1.87 bits per heavy atom. The number of aryl methyl sites for hydroxylation is 2. The van der Waals surface area contributed by atoms with Gasteiger partial charge in [-0.1, -0.05) is 36.4 Å². The minimum Gasteiger partial charge on any atom is -0.383 e. The average molecular weight is 524 g/mol. The van der Waals surface area contributed by atoms with Gasteiger partial charge in [-0.05, 0) is 65.1 Å². The summed E-state index contributed by atoms with van der Waals surface area (Å²) in [5.74, 6) is 0.697. The fourth-order valence-electron chi connectivity index (χ4n) is 3.72. The standard InChI is InChI=1S/C23H21IN6O/c1-13-6-3-4-9-17(13)30-16(10-15-8-5-7-14(2)18(15)23(30)31)11-27-22-19(20(24)25)21(26)28-12-29-22/h3-10,12,25H,11H2,1-2H3,(H3,26,27,28,29). The fraction of sp³-hybridized carbons (Fsp3) is 0.130. The van der Waals surface area contributed by atoms with E-state index in [-0.39, 0.29) is 15.1 Å². The molecule has 2 aromatic heterocycles. The lowest BCUT2D eigenvalue weighted by Crippen LogP contribution is -2.25. The smallest absolute Gasteiger partial charge is 0.263 e. The Hall–Kier alpha value is -3.27. The van der Waals surface area contributed by atoms with Crippen LogP contribution in [0, 0.1) is 19.3 Å². The highest BCUT2D eigenvalue weighted by Crippen LogP contribution is 2.24. The van der Waals surface area contributed by atoms with E-state index < -0.39 is 0 Å². The SMILES string of the molecule is Cc1ccccc1-n1c(CNc2ncnc(N)c2C(=N)I)cc2cccc(C)c2c1=O. The number of aromatic nitrogens is 3. The van der Waals surface area contributed by atoms with Crippen LogP contribution >= 0.6 is 22.6 Å². The number of nitrogens with one attached hydrogen (secondary N) is 2. The molecule has 0 bridgehead atoms. The van der Waals surface area contributed by atoms with Crippen LogP contribution in [-0.2, 0) is 6.54 Å². The molecule has 0 spiro atoms. The summed E-state index contributed by atoms with van der Waals surface area (Å²) >= 11 is 1.88. The molecule has 0 saturated heterocycles. The number of rotatable bonds is 5. The van der Waals surface area contributed by atoms with Crippen molar-refractivity contribution in [1.82, 2.24) is 14.5 Å². The number of anilines is 2. The van der Waals surface area contributed by atoms with Gasteiger partial charge in [0, 0.05) is 5.69 Å². The van der Waals surface area contributed by atoms with E-state index in [1.165, 1.54) is 6.33 Å². The monoisotopic (exact) mass is 524 g/mol. The summed E-state index contributed by atoms with van der Waals surface area (Å²) < 4.78 is 1.99. The molecule has 4 rings (SSSR count). The molecular weight excluding hydrogens is 503 g/mol. The van der Waals surface area contributed by atoms with E-state index in [9.17, 15) is 4.79 Å². The molecule has 0 aliphatic rings. The second-order valence-electron chi connectivity index (χ2n) is 7.25. The third-order valence-electron chi connectivity index (χ3n) is 5.22. The molecule has 0 saturated carbocycles. The number of para-hydroxylation sites is 1. The van der Waals surface area contributed by atoms with Gasteiger partial charge < -0.3 is 11.1 Å². The summed E-state index contributed by atoms with van der Waals surface area (Å²) in [6.07, 6.45) is 1.36. The molecule has 0 unspecified atom stereocenters. The van der Waals surface area contributed by atoms with Gasteiger partial charge in [-0.3, -0.25) is 14.8 Å². The number of hydrogen-bond acceptors (Lipinski definition) is 6. The van der Waals surface area contributed by atoms with Gasteiger partial charge in [0.05, 0.1) is 23.2 Å². The molecular formula is C23H21IN6O. The van der Waals surface area contributed by atoms with Crippen molar-refractivity contribution in [3.8, 4) is 5.69 Å². The molecule has 0 fully saturated rings. The quantitative estimate of drug-likeness (QED) is 0.266. The van der Waals surface area contributed by atoms with Crippen molar-refractivity contribution in [2.75, 3.05) is 11.1 Å². The Kier molecular flexibility index (Phi) is 5.73. The van der Waals surface area contributed by atoms with Crippen LogP contribution in [0.1, 0.15) is 22.4 Å². The number of hydrogen-bond donors (Lipinski definition) is 3. The molecule has 0 aliphatic heterocycles. The van der Waals surface area contributed by atoms with Crippen LogP contribution in [0.25, 0.3) is 16.5 Å². The molecule has 2 heterocycles. The van der Waals surface area contributed by atoms with Gasteiger partial charge in [0.1, 0.15) is 21.7 Å². The van der Waals surface area contributed by atoms with E-state index in [2.05, 4.69) is 15.3 Å². The van der Waals surface area contributed by atoms with Gasteiger partial charge in [0.15, 0.2) is 0 Å². The molecule has 31 heavy (non-hydrogen) atoms. The molecule has 8 heteroatoms. The Morgan fingerprint density at radius 1 is 1.13 bits per heavy atom. The Balaban J connectivity index is 1.90. The maximum atomic E-state index is 13.6. The number of halogens is 1. The van der Waals surface area contributed by atoms with Crippen molar-refractivity contribution in [2.24, 2.45) is 0 Å². The number of pyridine rings is 1. The Bertz CT molecular complexity index is 1380. The van der Waals surface area contributed by atoms with Crippen molar-refractivity contribution >= 4 is 48.7 Å². The van der Waals surface area contributed by atoms with E-state index in [1.54, 1.807) is 4.57 Å². The Labute approximate surface area is 193 Å². The van der Waals surface area contributed by atoms with Crippen LogP contribution in [-0.4, -0.2) is 18.3 Å². The summed E-state index contributed by atoms with van der Waals surface area (Å²) in [5, 5.41) is 12.8. The van der Waals surface area contributed by atoms with Crippen LogP contribution in [0.2, 0.25) is 0 Å². The van der Waals surface area contributed by atoms with Crippen LogP contribution < -0.4 is 16.6 Å². The topological polar surface area (TPSA) is 110 Å². The van der Waals surface area contributed by atoms with E-state index >= 15 is 0 Å². The van der Waals surface area contributed by atoms with E-state index in [0.717, 1.165) is 27.9 Å². The molecule has 0 atom stereocenters. The van der Waals surface area contributed by atoms with E-state index in [0.29, 0.717) is 23.3 Å². The maximum Gasteiger partial charge on any atom is 0.263 e. The van der Waals surface area contributed by atoms with Crippen molar-refractivity contribution < 1.29 is 0 Å². The van der Waals surface area contributed by atoms with Gasteiger partial charge in [0.25, 0.3) is 5.56 Å². The minimum absolute atomic E-state index is 0.0641. The Morgan fingerprint density at radius 3 is 2.61 bits per heavy atom. The largest absolute Gasteiger partial charge is 0.383 e. The zero-order chi connectivity index (χ0) is 22.1. The van der Waals surface area contributed by atoms with Crippen molar-refractivity contribution in [3.63, 3.8) is 0 Å². The maximum absolute atomic E-state index is 13.6. The molecule has 0 amide bonds. The number of nitrogen functional groups attached to an aromatic ring is 1. The molecule has 0 aliphatic carbocycles. The van der Waals surface area contributed by atoms with Crippen LogP contribution in [0.3, 0.4) is 0 Å². The lowest BCUT2D eigenvalue weighted by atomic mass is 10.1. The highest BCUT2D eigenvalue weighted by atomic mass is 127. The molecule has 4 aromatic rings. The second-order valence-corrected chi connectivity index (χ2v) is 8.33. The summed E-state index contributed by atoms with van der Waals surface area (Å²) in [5.41, 5.74) is 9.89. The second kappa shape index (κ2) is 8.46. The van der Waals surface area contributed by atoms with Crippen molar-refractivity contribution in [3.05, 3.63) is 87.6 Å². The van der Waals surface area contributed by atoms with E-state index in [4.69, 9.17) is 11.1 Å². The predicted molar refractivity (Wildman–Crippen MR) is 134 cm³/mol. The first-order valence-corrected chi connectivity index (χ1v) is 10.8. The van der Waals surface area contributed by atoms with Gasteiger partial charge in [-0.15, -0.1) is 0 Å². The zero-order valence-electron chi connectivity index (χ0n) is 17.1. The lowest BCUT2D eigenvalue weighted by molar-refractivity contribution is 0.883. The van der Waals surface area contributed by atoms with Gasteiger partial charge >= 0.3 is 0 Å². The first-order valence-electron chi connectivity index (χ1n) is 9.67. The number of fused-ring (bicyclic) bond motifs is 1. The van der Waals surface area contributed by atoms with Gasteiger partial charge in [-0.25, -0.2) is 9.97 Å². The summed E-state index contributed by atoms with van der Waals surface area (Å²) in [7, 11) is 0. The highest BCUT2D eigenvalue weighted by molar-refractivity contribution is 14.1. The molecule has 156 valence electrons. The zero-order valence-corrected chi connectivity index (χ0v) is 19.3. The lowest BCUT2D eigenvalue weighted by Gasteiger charge is -2.18. The highest BCUT2D eigenvalue weighted by Gasteiger charge is 2.16. The van der Waals surface area contributed by atoms with Crippen LogP contribution in [0.5, 0.6) is 0 Å². The van der Waals surface area contributed by atoms with E-state index in [1.807, 2.05) is 85.0 Å².